The van der Waals surface area contributed by atoms with Gasteiger partial charge in [0.05, 0.1) is 5.57 Å². The zero-order valence-corrected chi connectivity index (χ0v) is 20.3. The molecule has 1 N–H and O–H groups in total. The normalized spacial score (nSPS) is 20.4. The number of Topliss-reactive ketones (excluding diaryl/α,β-unsaturated/α-hetero) is 1. The standard InChI is InChI=1S/C28H31NO3S/c1-4-33-15-14-32-28(31)25-19(3)29-23-16-22(20-8-6-5-7-9-20)17-24(30)27(23)26(25)21-12-10-18(2)11-13-21/h5-13,22,26,29H,4,14-17H2,1-3H3. The van der Waals surface area contributed by atoms with Crippen molar-refractivity contribution < 1.29 is 14.3 Å². The fraction of sp³-hybridized carbons (Fsp3) is 0.357. The minimum absolute atomic E-state index is 0.0996. The van der Waals surface area contributed by atoms with Gasteiger partial charge in [0.2, 0.25) is 0 Å². The van der Waals surface area contributed by atoms with E-state index in [1.165, 1.54) is 5.56 Å². The molecule has 0 aromatic heterocycles. The first-order valence-electron chi connectivity index (χ1n) is 11.6. The van der Waals surface area contributed by atoms with Gasteiger partial charge >= 0.3 is 5.97 Å². The highest BCUT2D eigenvalue weighted by atomic mass is 32.2. The molecule has 2 unspecified atom stereocenters. The minimum Gasteiger partial charge on any atom is -0.461 e. The summed E-state index contributed by atoms with van der Waals surface area (Å²) >= 11 is 1.74. The van der Waals surface area contributed by atoms with Gasteiger partial charge in [-0.1, -0.05) is 67.1 Å². The van der Waals surface area contributed by atoms with Gasteiger partial charge in [-0.25, -0.2) is 4.79 Å². The Bertz CT molecular complexity index is 1090. The molecule has 1 aliphatic heterocycles. The van der Waals surface area contributed by atoms with Crippen LogP contribution in [0.25, 0.3) is 0 Å². The van der Waals surface area contributed by atoms with Crippen molar-refractivity contribution in [2.75, 3.05) is 18.1 Å². The van der Waals surface area contributed by atoms with E-state index in [0.29, 0.717) is 24.2 Å². The fourth-order valence-corrected chi connectivity index (χ4v) is 5.27. The lowest BCUT2D eigenvalue weighted by Crippen LogP contribution is -2.36. The van der Waals surface area contributed by atoms with Crippen LogP contribution in [-0.4, -0.2) is 29.9 Å². The Morgan fingerprint density at radius 1 is 1.03 bits per heavy atom. The molecule has 33 heavy (non-hydrogen) atoms. The van der Waals surface area contributed by atoms with Gasteiger partial charge in [-0.05, 0) is 43.1 Å². The number of ether oxygens (including phenoxy) is 1. The second-order valence-corrected chi connectivity index (χ2v) is 10.1. The fourth-order valence-electron chi connectivity index (χ4n) is 4.78. The van der Waals surface area contributed by atoms with Crippen molar-refractivity contribution in [2.45, 2.75) is 45.4 Å². The Hall–Kier alpha value is -2.79. The molecule has 0 bridgehead atoms. The predicted octanol–water partition coefficient (Wildman–Crippen LogP) is 5.65. The van der Waals surface area contributed by atoms with Crippen LogP contribution in [0.3, 0.4) is 0 Å². The summed E-state index contributed by atoms with van der Waals surface area (Å²) in [4.78, 5) is 26.8. The quantitative estimate of drug-likeness (QED) is 0.426. The van der Waals surface area contributed by atoms with Crippen molar-refractivity contribution >= 4 is 23.5 Å². The molecule has 0 amide bonds. The molecule has 4 nitrogen and oxygen atoms in total. The maximum absolute atomic E-state index is 13.6. The van der Waals surface area contributed by atoms with Crippen molar-refractivity contribution in [1.82, 2.24) is 5.32 Å². The number of hydrogen-bond acceptors (Lipinski definition) is 5. The van der Waals surface area contributed by atoms with E-state index in [0.717, 1.165) is 40.4 Å². The molecule has 0 fully saturated rings. The topological polar surface area (TPSA) is 55.4 Å². The number of thioether (sulfide) groups is 1. The highest BCUT2D eigenvalue weighted by Crippen LogP contribution is 2.45. The van der Waals surface area contributed by atoms with Gasteiger partial charge in [-0.15, -0.1) is 0 Å². The van der Waals surface area contributed by atoms with Crippen LogP contribution in [0.4, 0.5) is 0 Å². The van der Waals surface area contributed by atoms with Crippen LogP contribution in [-0.2, 0) is 14.3 Å². The molecule has 4 rings (SSSR count). The van der Waals surface area contributed by atoms with E-state index in [1.807, 2.05) is 56.3 Å². The summed E-state index contributed by atoms with van der Waals surface area (Å²) in [6, 6.07) is 18.3. The third-order valence-corrected chi connectivity index (χ3v) is 7.26. The Kier molecular flexibility index (Phi) is 7.39. The lowest BCUT2D eigenvalue weighted by Gasteiger charge is -2.36. The van der Waals surface area contributed by atoms with Crippen LogP contribution in [0.1, 0.15) is 55.2 Å². The van der Waals surface area contributed by atoms with E-state index in [-0.39, 0.29) is 17.7 Å². The molecule has 1 heterocycles. The number of allylic oxidation sites excluding steroid dienone is 3. The van der Waals surface area contributed by atoms with Crippen molar-refractivity contribution in [2.24, 2.45) is 0 Å². The summed E-state index contributed by atoms with van der Waals surface area (Å²) in [6.07, 6.45) is 1.20. The van der Waals surface area contributed by atoms with Gasteiger partial charge in [0, 0.05) is 35.1 Å². The maximum atomic E-state index is 13.6. The highest BCUT2D eigenvalue weighted by Gasteiger charge is 2.41. The first-order valence-corrected chi connectivity index (χ1v) is 12.8. The van der Waals surface area contributed by atoms with E-state index in [9.17, 15) is 9.59 Å². The molecule has 0 saturated carbocycles. The van der Waals surface area contributed by atoms with Gasteiger partial charge in [0.25, 0.3) is 0 Å². The van der Waals surface area contributed by atoms with Crippen LogP contribution in [0.15, 0.2) is 77.1 Å². The van der Waals surface area contributed by atoms with E-state index in [4.69, 9.17) is 4.74 Å². The minimum atomic E-state index is -0.405. The molecule has 0 radical (unpaired) electrons. The Morgan fingerprint density at radius 3 is 2.45 bits per heavy atom. The number of esters is 1. The average molecular weight is 462 g/mol. The zero-order valence-electron chi connectivity index (χ0n) is 19.5. The first kappa shape index (κ1) is 23.4. The largest absolute Gasteiger partial charge is 0.461 e. The molecule has 2 aliphatic rings. The van der Waals surface area contributed by atoms with Gasteiger partial charge in [-0.3, -0.25) is 4.79 Å². The molecule has 2 atom stereocenters. The number of dihydropyridines is 1. The van der Waals surface area contributed by atoms with Crippen molar-refractivity contribution in [3.8, 4) is 0 Å². The lowest BCUT2D eigenvalue weighted by atomic mass is 9.71. The number of carbonyl (C=O) groups is 2. The SMILES string of the molecule is CCSCCOC(=O)C1=C(C)NC2=C(C(=O)CC(c3ccccc3)C2)C1c1ccc(C)cc1. The average Bonchev–Trinajstić information content (AvgIpc) is 2.82. The van der Waals surface area contributed by atoms with E-state index >= 15 is 0 Å². The van der Waals surface area contributed by atoms with E-state index in [2.05, 4.69) is 24.4 Å². The van der Waals surface area contributed by atoms with Crippen LogP contribution < -0.4 is 5.32 Å². The number of nitrogens with one attached hydrogen (secondary N) is 1. The lowest BCUT2D eigenvalue weighted by molar-refractivity contribution is -0.138. The molecule has 1 aliphatic carbocycles. The predicted molar refractivity (Wildman–Crippen MR) is 134 cm³/mol. The van der Waals surface area contributed by atoms with E-state index < -0.39 is 5.92 Å². The number of ketones is 1. The molecule has 2 aromatic rings. The van der Waals surface area contributed by atoms with Crippen LogP contribution in [0.5, 0.6) is 0 Å². The molecule has 2 aromatic carbocycles. The van der Waals surface area contributed by atoms with Gasteiger partial charge in [-0.2, -0.15) is 11.8 Å². The molecule has 0 saturated heterocycles. The third kappa shape index (κ3) is 5.09. The van der Waals surface area contributed by atoms with Crippen molar-refractivity contribution in [1.29, 1.82) is 0 Å². The number of aryl methyl sites for hydroxylation is 1. The monoisotopic (exact) mass is 461 g/mol. The maximum Gasteiger partial charge on any atom is 0.336 e. The summed E-state index contributed by atoms with van der Waals surface area (Å²) in [7, 11) is 0. The van der Waals surface area contributed by atoms with E-state index in [1.54, 1.807) is 11.8 Å². The molecule has 0 spiro atoms. The number of benzene rings is 2. The summed E-state index contributed by atoms with van der Waals surface area (Å²) in [5.74, 6) is 1.24. The second kappa shape index (κ2) is 10.4. The molecule has 5 heteroatoms. The smallest absolute Gasteiger partial charge is 0.336 e. The molecular weight excluding hydrogens is 430 g/mol. The van der Waals surface area contributed by atoms with Crippen LogP contribution >= 0.6 is 11.8 Å². The summed E-state index contributed by atoms with van der Waals surface area (Å²) < 4.78 is 5.64. The van der Waals surface area contributed by atoms with Crippen molar-refractivity contribution in [3.63, 3.8) is 0 Å². The second-order valence-electron chi connectivity index (χ2n) is 8.67. The summed E-state index contributed by atoms with van der Waals surface area (Å²) in [5.41, 5.74) is 6.23. The summed E-state index contributed by atoms with van der Waals surface area (Å²) in [6.45, 7) is 6.40. The number of carbonyl (C=O) groups excluding carboxylic acids is 2. The molecular formula is C28H31NO3S. The third-order valence-electron chi connectivity index (χ3n) is 6.39. The van der Waals surface area contributed by atoms with Crippen LogP contribution in [0.2, 0.25) is 0 Å². The van der Waals surface area contributed by atoms with Gasteiger partial charge in [0.1, 0.15) is 6.61 Å². The number of rotatable bonds is 7. The molecule has 172 valence electrons. The number of hydrogen-bond donors (Lipinski definition) is 1. The Labute approximate surface area is 200 Å². The highest BCUT2D eigenvalue weighted by molar-refractivity contribution is 7.99. The summed E-state index contributed by atoms with van der Waals surface area (Å²) in [5, 5.41) is 3.42. The Morgan fingerprint density at radius 2 is 1.76 bits per heavy atom. The van der Waals surface area contributed by atoms with Gasteiger partial charge in [0.15, 0.2) is 5.78 Å². The van der Waals surface area contributed by atoms with Crippen molar-refractivity contribution in [3.05, 3.63) is 93.8 Å². The zero-order chi connectivity index (χ0) is 23.4. The van der Waals surface area contributed by atoms with Gasteiger partial charge < -0.3 is 10.1 Å². The van der Waals surface area contributed by atoms with Crippen LogP contribution in [0, 0.1) is 6.92 Å². The Balaban J connectivity index is 1.70. The first-order chi connectivity index (χ1) is 16.0.